The molecule has 0 bridgehead atoms. The van der Waals surface area contributed by atoms with E-state index in [1.165, 1.54) is 0 Å². The molecule has 0 saturated heterocycles. The molecule has 0 fully saturated rings. The van der Waals surface area contributed by atoms with Crippen molar-refractivity contribution in [2.24, 2.45) is 0 Å². The number of carbonyl (C=O) groups is 1. The number of thiophene rings is 1. The second-order valence-electron chi connectivity index (χ2n) is 7.49. The van der Waals surface area contributed by atoms with Crippen LogP contribution in [0.1, 0.15) is 28.8 Å². The molecular formula is C27H25BrO4S. The van der Waals surface area contributed by atoms with Crippen molar-refractivity contribution in [2.45, 2.75) is 12.8 Å². The van der Waals surface area contributed by atoms with Gasteiger partial charge in [-0.2, -0.15) is 0 Å². The molecule has 0 aliphatic heterocycles. The number of ether oxygens (including phenoxy) is 3. The lowest BCUT2D eigenvalue weighted by Crippen LogP contribution is -2.03. The van der Waals surface area contributed by atoms with Crippen LogP contribution in [-0.4, -0.2) is 31.9 Å². The SMILES string of the molecule is COc1ccc(-c2sc3cc(OC)ccc3c2C(=O)c2ccc(OCCCCBr)cc2)cc1. The van der Waals surface area contributed by atoms with Gasteiger partial charge >= 0.3 is 0 Å². The van der Waals surface area contributed by atoms with Crippen LogP contribution in [0.5, 0.6) is 17.2 Å². The Balaban J connectivity index is 1.71. The Morgan fingerprint density at radius 3 is 2.18 bits per heavy atom. The van der Waals surface area contributed by atoms with Gasteiger partial charge in [0.15, 0.2) is 5.78 Å². The van der Waals surface area contributed by atoms with Crippen molar-refractivity contribution in [3.05, 3.63) is 77.9 Å². The molecule has 3 aromatic carbocycles. The molecule has 0 saturated carbocycles. The van der Waals surface area contributed by atoms with Crippen LogP contribution in [0.4, 0.5) is 0 Å². The molecule has 0 aliphatic carbocycles. The number of methoxy groups -OCH3 is 2. The Morgan fingerprint density at radius 2 is 1.52 bits per heavy atom. The van der Waals surface area contributed by atoms with E-state index in [1.54, 1.807) is 25.6 Å². The smallest absolute Gasteiger partial charge is 0.195 e. The Morgan fingerprint density at radius 1 is 0.848 bits per heavy atom. The summed E-state index contributed by atoms with van der Waals surface area (Å²) in [5.74, 6) is 2.31. The van der Waals surface area contributed by atoms with Gasteiger partial charge in [0.25, 0.3) is 0 Å². The topological polar surface area (TPSA) is 44.8 Å². The molecule has 4 aromatic rings. The first-order chi connectivity index (χ1) is 16.1. The van der Waals surface area contributed by atoms with Crippen molar-refractivity contribution >= 4 is 43.1 Å². The first-order valence-electron chi connectivity index (χ1n) is 10.7. The van der Waals surface area contributed by atoms with Gasteiger partial charge in [-0.3, -0.25) is 4.79 Å². The fraction of sp³-hybridized carbons (Fsp3) is 0.222. The Kier molecular flexibility index (Phi) is 7.68. The van der Waals surface area contributed by atoms with E-state index in [0.717, 1.165) is 55.9 Å². The summed E-state index contributed by atoms with van der Waals surface area (Å²) in [6.07, 6.45) is 2.06. The van der Waals surface area contributed by atoms with Crippen LogP contribution in [0, 0.1) is 0 Å². The summed E-state index contributed by atoms with van der Waals surface area (Å²) >= 11 is 5.02. The summed E-state index contributed by atoms with van der Waals surface area (Å²) < 4.78 is 17.5. The first kappa shape index (κ1) is 23.3. The van der Waals surface area contributed by atoms with Crippen molar-refractivity contribution < 1.29 is 19.0 Å². The summed E-state index contributed by atoms with van der Waals surface area (Å²) in [5.41, 5.74) is 2.31. The number of unbranched alkanes of at least 4 members (excludes halogenated alkanes) is 1. The zero-order chi connectivity index (χ0) is 23.2. The molecule has 0 aliphatic rings. The standard InChI is InChI=1S/C27H25BrO4S/c1-30-20-9-7-19(8-10-20)27-25(23-14-13-22(31-2)17-24(23)33-27)26(29)18-5-11-21(12-6-18)32-16-4-3-15-28/h5-14,17H,3-4,15-16H2,1-2H3. The van der Waals surface area contributed by atoms with Gasteiger partial charge in [-0.15, -0.1) is 11.3 Å². The third-order valence-electron chi connectivity index (χ3n) is 5.39. The molecule has 1 heterocycles. The summed E-state index contributed by atoms with van der Waals surface area (Å²) in [7, 11) is 3.29. The molecule has 33 heavy (non-hydrogen) atoms. The predicted octanol–water partition coefficient (Wildman–Crippen LogP) is 7.37. The minimum atomic E-state index is -0.0110. The number of hydrogen-bond donors (Lipinski definition) is 0. The fourth-order valence-corrected chi connectivity index (χ4v) is 5.24. The highest BCUT2D eigenvalue weighted by molar-refractivity contribution is 9.09. The number of hydrogen-bond acceptors (Lipinski definition) is 5. The number of fused-ring (bicyclic) bond motifs is 1. The molecule has 0 atom stereocenters. The van der Waals surface area contributed by atoms with E-state index in [0.29, 0.717) is 17.7 Å². The van der Waals surface area contributed by atoms with Gasteiger partial charge in [0.05, 0.1) is 20.8 Å². The molecule has 4 rings (SSSR count). The molecule has 0 N–H and O–H groups in total. The number of benzene rings is 3. The average Bonchev–Trinajstić information content (AvgIpc) is 3.25. The lowest BCUT2D eigenvalue weighted by Gasteiger charge is -2.08. The predicted molar refractivity (Wildman–Crippen MR) is 139 cm³/mol. The van der Waals surface area contributed by atoms with Crippen LogP contribution in [0.15, 0.2) is 66.7 Å². The number of carbonyl (C=O) groups excluding carboxylic acids is 1. The van der Waals surface area contributed by atoms with Crippen LogP contribution in [0.3, 0.4) is 0 Å². The van der Waals surface area contributed by atoms with Crippen LogP contribution in [0.25, 0.3) is 20.5 Å². The van der Waals surface area contributed by atoms with E-state index in [1.807, 2.05) is 66.7 Å². The molecular weight excluding hydrogens is 500 g/mol. The van der Waals surface area contributed by atoms with Crippen molar-refractivity contribution in [1.82, 2.24) is 0 Å². The second-order valence-corrected chi connectivity index (χ2v) is 9.34. The van der Waals surface area contributed by atoms with Crippen LogP contribution in [0.2, 0.25) is 0 Å². The number of alkyl halides is 1. The Labute approximate surface area is 206 Å². The molecule has 6 heteroatoms. The van der Waals surface area contributed by atoms with Crippen LogP contribution >= 0.6 is 27.3 Å². The Bertz CT molecular complexity index is 1230. The monoisotopic (exact) mass is 524 g/mol. The van der Waals surface area contributed by atoms with Gasteiger partial charge in [-0.25, -0.2) is 0 Å². The zero-order valence-electron chi connectivity index (χ0n) is 18.6. The molecule has 0 unspecified atom stereocenters. The van der Waals surface area contributed by atoms with Gasteiger partial charge < -0.3 is 14.2 Å². The molecule has 0 spiro atoms. The number of ketones is 1. The third-order valence-corrected chi connectivity index (χ3v) is 7.15. The lowest BCUT2D eigenvalue weighted by molar-refractivity contribution is 0.104. The first-order valence-corrected chi connectivity index (χ1v) is 12.7. The highest BCUT2D eigenvalue weighted by Gasteiger charge is 2.22. The van der Waals surface area contributed by atoms with Crippen molar-refractivity contribution in [2.75, 3.05) is 26.2 Å². The van der Waals surface area contributed by atoms with Crippen molar-refractivity contribution in [3.8, 4) is 27.7 Å². The molecule has 1 aromatic heterocycles. The number of halogens is 1. The quantitative estimate of drug-likeness (QED) is 0.123. The van der Waals surface area contributed by atoms with Crippen LogP contribution < -0.4 is 14.2 Å². The maximum atomic E-state index is 13.7. The minimum Gasteiger partial charge on any atom is -0.497 e. The summed E-state index contributed by atoms with van der Waals surface area (Å²) in [6.45, 7) is 0.664. The maximum Gasteiger partial charge on any atom is 0.195 e. The van der Waals surface area contributed by atoms with E-state index >= 15 is 0 Å². The van der Waals surface area contributed by atoms with Crippen molar-refractivity contribution in [1.29, 1.82) is 0 Å². The van der Waals surface area contributed by atoms with E-state index in [4.69, 9.17) is 14.2 Å². The molecule has 0 amide bonds. The minimum absolute atomic E-state index is 0.0110. The van der Waals surface area contributed by atoms with Crippen LogP contribution in [-0.2, 0) is 0 Å². The van der Waals surface area contributed by atoms with E-state index < -0.39 is 0 Å². The number of rotatable bonds is 10. The second kappa shape index (κ2) is 10.9. The highest BCUT2D eigenvalue weighted by Crippen LogP contribution is 2.41. The molecule has 170 valence electrons. The molecule has 0 radical (unpaired) electrons. The maximum absolute atomic E-state index is 13.7. The van der Waals surface area contributed by atoms with Crippen molar-refractivity contribution in [3.63, 3.8) is 0 Å². The van der Waals surface area contributed by atoms with Gasteiger partial charge in [-0.1, -0.05) is 15.9 Å². The summed E-state index contributed by atoms with van der Waals surface area (Å²) in [4.78, 5) is 14.6. The van der Waals surface area contributed by atoms with Gasteiger partial charge in [-0.05, 0) is 85.1 Å². The Hall–Kier alpha value is -2.83. The van der Waals surface area contributed by atoms with E-state index in [2.05, 4.69) is 15.9 Å². The van der Waals surface area contributed by atoms with Gasteiger partial charge in [0.2, 0.25) is 0 Å². The highest BCUT2D eigenvalue weighted by atomic mass is 79.9. The van der Waals surface area contributed by atoms with E-state index in [9.17, 15) is 4.79 Å². The van der Waals surface area contributed by atoms with E-state index in [-0.39, 0.29) is 5.78 Å². The lowest BCUT2D eigenvalue weighted by atomic mass is 9.97. The van der Waals surface area contributed by atoms with Gasteiger partial charge in [0, 0.05) is 31.4 Å². The van der Waals surface area contributed by atoms with Gasteiger partial charge in [0.1, 0.15) is 17.2 Å². The third kappa shape index (κ3) is 5.23. The summed E-state index contributed by atoms with van der Waals surface area (Å²) in [6, 6.07) is 21.1. The average molecular weight is 525 g/mol. The zero-order valence-corrected chi connectivity index (χ0v) is 21.0. The normalized spacial score (nSPS) is 10.9. The molecule has 4 nitrogen and oxygen atoms in total. The summed E-state index contributed by atoms with van der Waals surface area (Å²) in [5, 5.41) is 1.90. The fourth-order valence-electron chi connectivity index (χ4n) is 3.61. The largest absolute Gasteiger partial charge is 0.497 e.